The number of benzene rings is 1. The van der Waals surface area contributed by atoms with E-state index < -0.39 is 12.0 Å². The van der Waals surface area contributed by atoms with Gasteiger partial charge in [0.25, 0.3) is 0 Å². The van der Waals surface area contributed by atoms with E-state index in [9.17, 15) is 9.90 Å². The Morgan fingerprint density at radius 3 is 2.86 bits per heavy atom. The van der Waals surface area contributed by atoms with E-state index in [1.165, 1.54) is 11.1 Å². The molecule has 1 N–H and O–H groups in total. The molecule has 0 spiro atoms. The molecule has 1 saturated heterocycles. The predicted molar refractivity (Wildman–Crippen MR) is 80.2 cm³/mol. The number of hydrogen-bond donors (Lipinski definition) is 1. The summed E-state index contributed by atoms with van der Waals surface area (Å²) in [7, 11) is 0. The number of ether oxygens (including phenoxy) is 1. The largest absolute Gasteiger partial charge is 0.480 e. The lowest BCUT2D eigenvalue weighted by molar-refractivity contribution is -0.147. The standard InChI is InChI=1S/C17H23NO3/c1-2-15-10-14(7-8-21-15)18-11-13-6-4-3-5-12(13)9-16(18)17(19)20/h3-6,14-16H,2,7-11H2,1H3,(H,19,20). The van der Waals surface area contributed by atoms with Gasteiger partial charge in [-0.2, -0.15) is 0 Å². The molecule has 2 heterocycles. The summed E-state index contributed by atoms with van der Waals surface area (Å²) in [6, 6.07) is 8.13. The van der Waals surface area contributed by atoms with E-state index in [-0.39, 0.29) is 6.10 Å². The molecule has 0 aromatic heterocycles. The van der Waals surface area contributed by atoms with Crippen LogP contribution in [0.25, 0.3) is 0 Å². The van der Waals surface area contributed by atoms with Crippen LogP contribution in [0.15, 0.2) is 24.3 Å². The summed E-state index contributed by atoms with van der Waals surface area (Å²) >= 11 is 0. The van der Waals surface area contributed by atoms with Gasteiger partial charge >= 0.3 is 5.97 Å². The van der Waals surface area contributed by atoms with Gasteiger partial charge in [-0.3, -0.25) is 9.69 Å². The lowest BCUT2D eigenvalue weighted by atomic mass is 9.90. The number of rotatable bonds is 3. The Hall–Kier alpha value is -1.39. The predicted octanol–water partition coefficient (Wildman–Crippen LogP) is 2.46. The Labute approximate surface area is 125 Å². The summed E-state index contributed by atoms with van der Waals surface area (Å²) in [6.45, 7) is 3.62. The average molecular weight is 289 g/mol. The number of hydrogen-bond acceptors (Lipinski definition) is 3. The van der Waals surface area contributed by atoms with Crippen LogP contribution >= 0.6 is 0 Å². The molecule has 3 atom stereocenters. The SMILES string of the molecule is CCC1CC(N2Cc3ccccc3CC2C(=O)O)CCO1. The van der Waals surface area contributed by atoms with E-state index in [0.717, 1.165) is 32.4 Å². The van der Waals surface area contributed by atoms with Crippen LogP contribution in [0.5, 0.6) is 0 Å². The van der Waals surface area contributed by atoms with Gasteiger partial charge in [0, 0.05) is 19.2 Å². The molecule has 0 radical (unpaired) electrons. The Bertz CT molecular complexity index is 517. The van der Waals surface area contributed by atoms with Crippen molar-refractivity contribution in [3.8, 4) is 0 Å². The number of nitrogens with zero attached hydrogens (tertiary/aromatic N) is 1. The first-order valence-electron chi connectivity index (χ1n) is 7.86. The first-order valence-corrected chi connectivity index (χ1v) is 7.86. The zero-order valence-corrected chi connectivity index (χ0v) is 12.5. The lowest BCUT2D eigenvalue weighted by Crippen LogP contribution is -2.53. The topological polar surface area (TPSA) is 49.8 Å². The Morgan fingerprint density at radius 2 is 2.14 bits per heavy atom. The van der Waals surface area contributed by atoms with Crippen molar-refractivity contribution in [2.75, 3.05) is 6.61 Å². The summed E-state index contributed by atoms with van der Waals surface area (Å²) < 4.78 is 5.74. The molecule has 4 nitrogen and oxygen atoms in total. The zero-order valence-electron chi connectivity index (χ0n) is 12.5. The summed E-state index contributed by atoms with van der Waals surface area (Å²) in [5.41, 5.74) is 2.45. The van der Waals surface area contributed by atoms with E-state index in [1.807, 2.05) is 12.1 Å². The van der Waals surface area contributed by atoms with Gasteiger partial charge in [-0.1, -0.05) is 31.2 Å². The number of fused-ring (bicyclic) bond motifs is 1. The number of aliphatic carboxylic acids is 1. The quantitative estimate of drug-likeness (QED) is 0.928. The smallest absolute Gasteiger partial charge is 0.321 e. The second-order valence-corrected chi connectivity index (χ2v) is 6.08. The van der Waals surface area contributed by atoms with Gasteiger partial charge in [0.1, 0.15) is 6.04 Å². The van der Waals surface area contributed by atoms with Gasteiger partial charge in [-0.05, 0) is 36.8 Å². The Morgan fingerprint density at radius 1 is 1.38 bits per heavy atom. The van der Waals surface area contributed by atoms with E-state index in [2.05, 4.69) is 24.0 Å². The van der Waals surface area contributed by atoms with Gasteiger partial charge < -0.3 is 9.84 Å². The number of carbonyl (C=O) groups is 1. The third-order valence-electron chi connectivity index (χ3n) is 4.83. The second-order valence-electron chi connectivity index (χ2n) is 6.08. The second kappa shape index (κ2) is 6.16. The van der Waals surface area contributed by atoms with Gasteiger partial charge in [-0.15, -0.1) is 0 Å². The van der Waals surface area contributed by atoms with Crippen LogP contribution in [0.2, 0.25) is 0 Å². The fourth-order valence-electron chi connectivity index (χ4n) is 3.60. The minimum Gasteiger partial charge on any atom is -0.480 e. The number of carboxylic acids is 1. The average Bonchev–Trinajstić information content (AvgIpc) is 2.53. The Kier molecular flexibility index (Phi) is 4.27. The highest BCUT2D eigenvalue weighted by Crippen LogP contribution is 2.30. The maximum Gasteiger partial charge on any atom is 0.321 e. The normalized spacial score (nSPS) is 29.9. The third-order valence-corrected chi connectivity index (χ3v) is 4.83. The summed E-state index contributed by atoms with van der Waals surface area (Å²) in [5.74, 6) is -0.705. The first kappa shape index (κ1) is 14.5. The van der Waals surface area contributed by atoms with Gasteiger partial charge in [0.05, 0.1) is 6.10 Å². The van der Waals surface area contributed by atoms with Crippen molar-refractivity contribution >= 4 is 5.97 Å². The molecule has 2 aliphatic rings. The molecule has 21 heavy (non-hydrogen) atoms. The number of carboxylic acid groups (broad SMARTS) is 1. The lowest BCUT2D eigenvalue weighted by Gasteiger charge is -2.43. The molecule has 0 saturated carbocycles. The van der Waals surface area contributed by atoms with Crippen molar-refractivity contribution in [1.82, 2.24) is 4.90 Å². The molecular weight excluding hydrogens is 266 g/mol. The van der Waals surface area contributed by atoms with Crippen molar-refractivity contribution in [3.05, 3.63) is 35.4 Å². The van der Waals surface area contributed by atoms with E-state index in [4.69, 9.17) is 4.74 Å². The highest BCUT2D eigenvalue weighted by molar-refractivity contribution is 5.74. The highest BCUT2D eigenvalue weighted by atomic mass is 16.5. The highest BCUT2D eigenvalue weighted by Gasteiger charge is 2.37. The minimum absolute atomic E-state index is 0.273. The molecule has 1 fully saturated rings. The molecule has 4 heteroatoms. The molecular formula is C17H23NO3. The van der Waals surface area contributed by atoms with Crippen LogP contribution in [0, 0.1) is 0 Å². The van der Waals surface area contributed by atoms with Crippen LogP contribution in [-0.4, -0.2) is 40.8 Å². The van der Waals surface area contributed by atoms with Gasteiger partial charge in [0.15, 0.2) is 0 Å². The molecule has 3 rings (SSSR count). The molecule has 1 aromatic rings. The molecule has 0 aliphatic carbocycles. The molecule has 2 aliphatic heterocycles. The molecule has 0 bridgehead atoms. The van der Waals surface area contributed by atoms with Crippen molar-refractivity contribution in [2.45, 2.75) is 57.3 Å². The fourth-order valence-corrected chi connectivity index (χ4v) is 3.60. The molecule has 0 amide bonds. The molecule has 114 valence electrons. The fraction of sp³-hybridized carbons (Fsp3) is 0.588. The summed E-state index contributed by atoms with van der Waals surface area (Å²) in [6.07, 6.45) is 3.76. The van der Waals surface area contributed by atoms with Crippen LogP contribution in [0.1, 0.15) is 37.3 Å². The van der Waals surface area contributed by atoms with Gasteiger partial charge in [-0.25, -0.2) is 0 Å². The summed E-state index contributed by atoms with van der Waals surface area (Å²) in [5, 5.41) is 9.62. The van der Waals surface area contributed by atoms with Crippen molar-refractivity contribution < 1.29 is 14.6 Å². The Balaban J connectivity index is 1.83. The van der Waals surface area contributed by atoms with Crippen molar-refractivity contribution in [3.63, 3.8) is 0 Å². The summed E-state index contributed by atoms with van der Waals surface area (Å²) in [4.78, 5) is 13.9. The first-order chi connectivity index (χ1) is 10.2. The molecule has 1 aromatic carbocycles. The minimum atomic E-state index is -0.705. The van der Waals surface area contributed by atoms with Gasteiger partial charge in [0.2, 0.25) is 0 Å². The van der Waals surface area contributed by atoms with Crippen molar-refractivity contribution in [1.29, 1.82) is 0 Å². The van der Waals surface area contributed by atoms with E-state index >= 15 is 0 Å². The third kappa shape index (κ3) is 2.97. The van der Waals surface area contributed by atoms with E-state index in [0.29, 0.717) is 12.5 Å². The monoisotopic (exact) mass is 289 g/mol. The zero-order chi connectivity index (χ0) is 14.8. The maximum atomic E-state index is 11.7. The van der Waals surface area contributed by atoms with Crippen LogP contribution in [-0.2, 0) is 22.5 Å². The maximum absolute atomic E-state index is 11.7. The van der Waals surface area contributed by atoms with Crippen LogP contribution in [0.4, 0.5) is 0 Å². The van der Waals surface area contributed by atoms with Crippen molar-refractivity contribution in [2.24, 2.45) is 0 Å². The van der Waals surface area contributed by atoms with E-state index in [1.54, 1.807) is 0 Å². The van der Waals surface area contributed by atoms with Crippen LogP contribution in [0.3, 0.4) is 0 Å². The van der Waals surface area contributed by atoms with Crippen LogP contribution < -0.4 is 0 Å². The molecule has 3 unspecified atom stereocenters.